The van der Waals surface area contributed by atoms with Crippen molar-refractivity contribution in [3.63, 3.8) is 0 Å². The Labute approximate surface area is 188 Å². The summed E-state index contributed by atoms with van der Waals surface area (Å²) >= 11 is 0. The number of fused-ring (bicyclic) bond motifs is 1. The summed E-state index contributed by atoms with van der Waals surface area (Å²) in [6.07, 6.45) is 3.31. The van der Waals surface area contributed by atoms with Gasteiger partial charge in [-0.2, -0.15) is 5.10 Å². The summed E-state index contributed by atoms with van der Waals surface area (Å²) in [6.45, 7) is 0. The van der Waals surface area contributed by atoms with Gasteiger partial charge in [-0.15, -0.1) is 0 Å². The van der Waals surface area contributed by atoms with Crippen molar-refractivity contribution in [3.05, 3.63) is 91.3 Å². The van der Waals surface area contributed by atoms with Crippen molar-refractivity contribution in [1.29, 1.82) is 0 Å². The van der Waals surface area contributed by atoms with Gasteiger partial charge in [0.15, 0.2) is 23.1 Å². The van der Waals surface area contributed by atoms with Gasteiger partial charge in [-0.1, -0.05) is 60.7 Å². The fourth-order valence-electron chi connectivity index (χ4n) is 3.56. The van der Waals surface area contributed by atoms with Crippen molar-refractivity contribution in [2.45, 2.75) is 0 Å². The molecule has 6 rings (SSSR count). The van der Waals surface area contributed by atoms with Gasteiger partial charge >= 0.3 is 0 Å². The van der Waals surface area contributed by atoms with Crippen molar-refractivity contribution in [2.75, 3.05) is 0 Å². The third-order valence-electron chi connectivity index (χ3n) is 5.12. The van der Waals surface area contributed by atoms with Gasteiger partial charge in [-0.3, -0.25) is 5.10 Å². The van der Waals surface area contributed by atoms with E-state index in [1.54, 1.807) is 18.5 Å². The first kappa shape index (κ1) is 18.9. The van der Waals surface area contributed by atoms with Crippen molar-refractivity contribution in [1.82, 2.24) is 40.1 Å². The zero-order chi connectivity index (χ0) is 22.0. The fourth-order valence-corrected chi connectivity index (χ4v) is 3.56. The minimum absolute atomic E-state index is 0.439. The van der Waals surface area contributed by atoms with Crippen LogP contribution in [0.15, 0.2) is 91.3 Å². The van der Waals surface area contributed by atoms with Crippen molar-refractivity contribution in [3.8, 4) is 45.7 Å². The molecule has 33 heavy (non-hydrogen) atoms. The van der Waals surface area contributed by atoms with Crippen LogP contribution >= 0.6 is 0 Å². The Hall–Kier alpha value is -4.85. The summed E-state index contributed by atoms with van der Waals surface area (Å²) in [5, 5.41) is 7.16. The van der Waals surface area contributed by atoms with E-state index in [2.05, 4.69) is 25.1 Å². The number of hydrogen-bond acceptors (Lipinski definition) is 7. The first-order chi connectivity index (χ1) is 16.3. The van der Waals surface area contributed by atoms with Crippen molar-refractivity contribution in [2.24, 2.45) is 0 Å². The van der Waals surface area contributed by atoms with Crippen LogP contribution in [0.5, 0.6) is 0 Å². The largest absolute Gasteiger partial charge is 0.256 e. The highest BCUT2D eigenvalue weighted by atomic mass is 15.2. The second kappa shape index (κ2) is 8.01. The first-order valence-electron chi connectivity index (χ1n) is 10.3. The molecule has 1 N–H and O–H groups in total. The molecule has 0 saturated heterocycles. The molecule has 6 aromatic rings. The smallest absolute Gasteiger partial charge is 0.200 e. The molecule has 0 bridgehead atoms. The molecule has 0 spiro atoms. The van der Waals surface area contributed by atoms with E-state index in [1.807, 2.05) is 72.8 Å². The molecule has 0 amide bonds. The SMILES string of the molecule is c1ccc(-c2nc3ccc(-c4n[nH]c(-c5ncccn5)n4)nc3nc2-c2ccccc2)cc1. The predicted octanol–water partition coefficient (Wildman–Crippen LogP) is 4.60. The molecule has 0 atom stereocenters. The van der Waals surface area contributed by atoms with Gasteiger partial charge in [-0.25, -0.2) is 29.9 Å². The lowest BCUT2D eigenvalue weighted by Gasteiger charge is -2.10. The molecule has 0 aliphatic carbocycles. The molecule has 0 unspecified atom stereocenters. The van der Waals surface area contributed by atoms with Crippen LogP contribution < -0.4 is 0 Å². The van der Waals surface area contributed by atoms with E-state index in [0.717, 1.165) is 22.5 Å². The molecule has 156 valence electrons. The maximum absolute atomic E-state index is 4.92. The van der Waals surface area contributed by atoms with Crippen LogP contribution in [0.3, 0.4) is 0 Å². The molecule has 8 nitrogen and oxygen atoms in total. The number of H-pyrrole nitrogens is 1. The second-order valence-electron chi connectivity index (χ2n) is 7.27. The highest BCUT2D eigenvalue weighted by Gasteiger charge is 2.16. The van der Waals surface area contributed by atoms with E-state index >= 15 is 0 Å². The summed E-state index contributed by atoms with van der Waals surface area (Å²) in [7, 11) is 0. The molecule has 0 fully saturated rings. The van der Waals surface area contributed by atoms with Crippen LogP contribution in [0.1, 0.15) is 0 Å². The number of rotatable bonds is 4. The Kier molecular flexibility index (Phi) is 4.58. The van der Waals surface area contributed by atoms with Crippen LogP contribution in [0, 0.1) is 0 Å². The summed E-state index contributed by atoms with van der Waals surface area (Å²) in [6, 6.07) is 25.5. The van der Waals surface area contributed by atoms with Gasteiger partial charge in [0.1, 0.15) is 11.2 Å². The molecular formula is C25H16N8. The average Bonchev–Trinajstić information content (AvgIpc) is 3.40. The molecule has 0 aliphatic rings. The number of benzene rings is 2. The lowest BCUT2D eigenvalue weighted by atomic mass is 10.0. The van der Waals surface area contributed by atoms with Crippen molar-refractivity contribution >= 4 is 11.2 Å². The van der Waals surface area contributed by atoms with E-state index in [0.29, 0.717) is 34.3 Å². The van der Waals surface area contributed by atoms with E-state index in [1.165, 1.54) is 0 Å². The zero-order valence-electron chi connectivity index (χ0n) is 17.3. The summed E-state index contributed by atoms with van der Waals surface area (Å²) < 4.78 is 0. The normalized spacial score (nSPS) is 11.0. The fraction of sp³-hybridized carbons (Fsp3) is 0. The van der Waals surface area contributed by atoms with E-state index in [9.17, 15) is 0 Å². The zero-order valence-corrected chi connectivity index (χ0v) is 17.3. The molecule has 2 aromatic carbocycles. The Morgan fingerprint density at radius 3 is 1.91 bits per heavy atom. The minimum Gasteiger partial charge on any atom is -0.256 e. The Morgan fingerprint density at radius 1 is 0.545 bits per heavy atom. The molecule has 0 saturated carbocycles. The first-order valence-corrected chi connectivity index (χ1v) is 10.3. The second-order valence-corrected chi connectivity index (χ2v) is 7.27. The number of nitrogens with one attached hydrogen (secondary N) is 1. The quantitative estimate of drug-likeness (QED) is 0.437. The van der Waals surface area contributed by atoms with Gasteiger partial charge in [0.2, 0.25) is 0 Å². The predicted molar refractivity (Wildman–Crippen MR) is 125 cm³/mol. The summed E-state index contributed by atoms with van der Waals surface area (Å²) in [5.41, 5.74) is 5.35. The molecule has 0 radical (unpaired) electrons. The third-order valence-corrected chi connectivity index (χ3v) is 5.12. The summed E-state index contributed by atoms with van der Waals surface area (Å²) in [4.78, 5) is 27.4. The Bertz CT molecular complexity index is 1550. The number of pyridine rings is 1. The maximum atomic E-state index is 4.92. The van der Waals surface area contributed by atoms with Gasteiger partial charge in [0.05, 0.1) is 11.4 Å². The summed E-state index contributed by atoms with van der Waals surface area (Å²) in [5.74, 6) is 1.38. The topological polar surface area (TPSA) is 106 Å². The highest BCUT2D eigenvalue weighted by molar-refractivity contribution is 5.85. The van der Waals surface area contributed by atoms with Crippen LogP contribution in [0.4, 0.5) is 0 Å². The molecule has 4 aromatic heterocycles. The maximum Gasteiger partial charge on any atom is 0.200 e. The van der Waals surface area contributed by atoms with Crippen LogP contribution in [-0.4, -0.2) is 40.1 Å². The lowest BCUT2D eigenvalue weighted by Crippen LogP contribution is -1.98. The Morgan fingerprint density at radius 2 is 1.21 bits per heavy atom. The molecule has 0 aliphatic heterocycles. The highest BCUT2D eigenvalue weighted by Crippen LogP contribution is 2.31. The van der Waals surface area contributed by atoms with Gasteiger partial charge in [0.25, 0.3) is 0 Å². The Balaban J connectivity index is 1.49. The van der Waals surface area contributed by atoms with E-state index in [4.69, 9.17) is 15.0 Å². The standard InChI is InChI=1S/C25H16N8/c1-3-8-16(9-4-1)20-21(17-10-5-2-6-11-17)30-22-18(28-20)12-13-19(29-22)23-31-25(33-32-23)24-26-14-7-15-27-24/h1-15H,(H,31,32,33). The molecule has 4 heterocycles. The average molecular weight is 428 g/mol. The molecule has 8 heteroatoms. The monoisotopic (exact) mass is 428 g/mol. The van der Waals surface area contributed by atoms with Crippen LogP contribution in [-0.2, 0) is 0 Å². The van der Waals surface area contributed by atoms with E-state index in [-0.39, 0.29) is 0 Å². The van der Waals surface area contributed by atoms with Crippen LogP contribution in [0.2, 0.25) is 0 Å². The number of aromatic nitrogens is 8. The minimum atomic E-state index is 0.439. The van der Waals surface area contributed by atoms with Gasteiger partial charge in [-0.05, 0) is 18.2 Å². The lowest BCUT2D eigenvalue weighted by molar-refractivity contribution is 1.06. The number of aromatic amines is 1. The van der Waals surface area contributed by atoms with Crippen LogP contribution in [0.25, 0.3) is 56.8 Å². The van der Waals surface area contributed by atoms with Gasteiger partial charge in [0, 0.05) is 23.5 Å². The van der Waals surface area contributed by atoms with E-state index < -0.39 is 0 Å². The van der Waals surface area contributed by atoms with Gasteiger partial charge < -0.3 is 0 Å². The number of hydrogen-bond donors (Lipinski definition) is 1. The van der Waals surface area contributed by atoms with Crippen molar-refractivity contribution < 1.29 is 0 Å². The number of nitrogens with zero attached hydrogens (tertiary/aromatic N) is 7. The third kappa shape index (κ3) is 3.59. The molecular weight excluding hydrogens is 412 g/mol.